The first kappa shape index (κ1) is 17.5. The largest absolute Gasteiger partial charge is 0.496 e. The molecule has 0 heterocycles. The van der Waals surface area contributed by atoms with Crippen LogP contribution in [0.5, 0.6) is 5.75 Å². The summed E-state index contributed by atoms with van der Waals surface area (Å²) in [6.45, 7) is 1.81. The monoisotopic (exact) mass is 326 g/mol. The van der Waals surface area contributed by atoms with Crippen molar-refractivity contribution >= 4 is 17.5 Å². The van der Waals surface area contributed by atoms with Crippen LogP contribution in [0.1, 0.15) is 24.5 Å². The van der Waals surface area contributed by atoms with Crippen molar-refractivity contribution in [3.63, 3.8) is 0 Å². The molecule has 0 radical (unpaired) electrons. The van der Waals surface area contributed by atoms with E-state index < -0.39 is 0 Å². The molecular formula is C19H22N2O3. The second-order valence-corrected chi connectivity index (χ2v) is 5.47. The number of nitrogens with one attached hydrogen (secondary N) is 2. The Morgan fingerprint density at radius 2 is 1.83 bits per heavy atom. The van der Waals surface area contributed by atoms with Gasteiger partial charge in [-0.3, -0.25) is 9.59 Å². The zero-order valence-electron chi connectivity index (χ0n) is 14.0. The van der Waals surface area contributed by atoms with E-state index in [1.165, 1.54) is 6.92 Å². The predicted molar refractivity (Wildman–Crippen MR) is 93.9 cm³/mol. The minimum Gasteiger partial charge on any atom is -0.496 e. The van der Waals surface area contributed by atoms with Crippen molar-refractivity contribution in [3.8, 4) is 5.75 Å². The maximum absolute atomic E-state index is 12.0. The number of benzene rings is 2. The quantitative estimate of drug-likeness (QED) is 0.822. The Morgan fingerprint density at radius 3 is 2.50 bits per heavy atom. The van der Waals surface area contributed by atoms with Crippen molar-refractivity contribution in [2.24, 2.45) is 0 Å². The normalized spacial score (nSPS) is 10.1. The van der Waals surface area contributed by atoms with Crippen molar-refractivity contribution in [2.75, 3.05) is 12.4 Å². The number of hydrogen-bond acceptors (Lipinski definition) is 3. The lowest BCUT2D eigenvalue weighted by molar-refractivity contribution is -0.121. The number of amides is 2. The van der Waals surface area contributed by atoms with Gasteiger partial charge in [0, 0.05) is 31.1 Å². The molecule has 2 aromatic rings. The number of rotatable bonds is 7. The average Bonchev–Trinajstić information content (AvgIpc) is 2.58. The lowest BCUT2D eigenvalue weighted by atomic mass is 10.1. The summed E-state index contributed by atoms with van der Waals surface area (Å²) < 4.78 is 5.30. The van der Waals surface area contributed by atoms with Gasteiger partial charge < -0.3 is 15.4 Å². The molecule has 0 aliphatic carbocycles. The highest BCUT2D eigenvalue weighted by Gasteiger charge is 2.08. The molecule has 24 heavy (non-hydrogen) atoms. The Bertz CT molecular complexity index is 699. The van der Waals surface area contributed by atoms with Crippen LogP contribution in [0.15, 0.2) is 48.5 Å². The third-order valence-electron chi connectivity index (χ3n) is 3.56. The molecule has 0 aliphatic rings. The Kier molecular flexibility index (Phi) is 6.37. The van der Waals surface area contributed by atoms with Gasteiger partial charge in [-0.15, -0.1) is 0 Å². The minimum atomic E-state index is -0.141. The molecule has 0 aliphatic heterocycles. The zero-order valence-corrected chi connectivity index (χ0v) is 14.0. The van der Waals surface area contributed by atoms with Crippen LogP contribution in [0.3, 0.4) is 0 Å². The molecule has 0 aromatic heterocycles. The van der Waals surface area contributed by atoms with E-state index in [-0.39, 0.29) is 11.8 Å². The SMILES string of the molecule is COc1ccc(NC(C)=O)cc1CNC(=O)CCc1ccccc1. The first-order valence-corrected chi connectivity index (χ1v) is 7.83. The van der Waals surface area contributed by atoms with Gasteiger partial charge in [0.05, 0.1) is 7.11 Å². The Balaban J connectivity index is 1.92. The Labute approximate surface area is 142 Å². The molecule has 2 amide bonds. The summed E-state index contributed by atoms with van der Waals surface area (Å²) in [6.07, 6.45) is 1.13. The molecule has 2 aromatic carbocycles. The van der Waals surface area contributed by atoms with Gasteiger partial charge in [0.1, 0.15) is 5.75 Å². The van der Waals surface area contributed by atoms with Crippen molar-refractivity contribution in [1.29, 1.82) is 0 Å². The summed E-state index contributed by atoms with van der Waals surface area (Å²) in [5.41, 5.74) is 2.63. The molecule has 5 nitrogen and oxygen atoms in total. The molecule has 126 valence electrons. The fraction of sp³-hybridized carbons (Fsp3) is 0.263. The van der Waals surface area contributed by atoms with Crippen molar-refractivity contribution < 1.29 is 14.3 Å². The first-order chi connectivity index (χ1) is 11.6. The van der Waals surface area contributed by atoms with E-state index >= 15 is 0 Å². The van der Waals surface area contributed by atoms with Gasteiger partial charge in [0.15, 0.2) is 0 Å². The molecule has 2 rings (SSSR count). The highest BCUT2D eigenvalue weighted by Crippen LogP contribution is 2.22. The molecule has 0 saturated carbocycles. The number of carbonyl (C=O) groups excluding carboxylic acids is 2. The van der Waals surface area contributed by atoms with Gasteiger partial charge >= 0.3 is 0 Å². The van der Waals surface area contributed by atoms with Crippen molar-refractivity contribution in [2.45, 2.75) is 26.3 Å². The van der Waals surface area contributed by atoms with Crippen LogP contribution in [0, 0.1) is 0 Å². The van der Waals surface area contributed by atoms with E-state index in [1.807, 2.05) is 30.3 Å². The van der Waals surface area contributed by atoms with Gasteiger partial charge in [-0.2, -0.15) is 0 Å². The minimum absolute atomic E-state index is 0.0224. The molecule has 0 unspecified atom stereocenters. The number of ether oxygens (including phenoxy) is 1. The van der Waals surface area contributed by atoms with Crippen LogP contribution >= 0.6 is 0 Å². The number of hydrogen-bond donors (Lipinski definition) is 2. The number of aryl methyl sites for hydroxylation is 1. The van der Waals surface area contributed by atoms with Gasteiger partial charge in [-0.05, 0) is 30.2 Å². The summed E-state index contributed by atoms with van der Waals surface area (Å²) in [5, 5.41) is 5.62. The molecule has 0 atom stereocenters. The van der Waals surface area contributed by atoms with Crippen LogP contribution in [0.4, 0.5) is 5.69 Å². The van der Waals surface area contributed by atoms with E-state index in [4.69, 9.17) is 4.74 Å². The number of carbonyl (C=O) groups is 2. The predicted octanol–water partition coefficient (Wildman–Crippen LogP) is 2.90. The number of anilines is 1. The van der Waals surface area contributed by atoms with Crippen LogP contribution in [0.2, 0.25) is 0 Å². The van der Waals surface area contributed by atoms with E-state index in [9.17, 15) is 9.59 Å². The van der Waals surface area contributed by atoms with Gasteiger partial charge in [-0.25, -0.2) is 0 Å². The molecule has 0 bridgehead atoms. The van der Waals surface area contributed by atoms with Crippen molar-refractivity contribution in [3.05, 3.63) is 59.7 Å². The lowest BCUT2D eigenvalue weighted by Crippen LogP contribution is -2.23. The molecular weight excluding hydrogens is 304 g/mol. The maximum Gasteiger partial charge on any atom is 0.221 e. The second kappa shape index (κ2) is 8.72. The summed E-state index contributed by atoms with van der Waals surface area (Å²) in [6, 6.07) is 15.2. The van der Waals surface area contributed by atoms with E-state index in [1.54, 1.807) is 25.3 Å². The van der Waals surface area contributed by atoms with Crippen LogP contribution < -0.4 is 15.4 Å². The fourth-order valence-electron chi connectivity index (χ4n) is 2.38. The average molecular weight is 326 g/mol. The van der Waals surface area contributed by atoms with Crippen LogP contribution in [0.25, 0.3) is 0 Å². The fourth-order valence-corrected chi connectivity index (χ4v) is 2.38. The van der Waals surface area contributed by atoms with Crippen LogP contribution in [-0.4, -0.2) is 18.9 Å². The molecule has 5 heteroatoms. The third kappa shape index (κ3) is 5.43. The molecule has 0 fully saturated rings. The van der Waals surface area contributed by atoms with E-state index in [0.29, 0.717) is 30.8 Å². The first-order valence-electron chi connectivity index (χ1n) is 7.83. The van der Waals surface area contributed by atoms with E-state index in [2.05, 4.69) is 10.6 Å². The van der Waals surface area contributed by atoms with Gasteiger partial charge in [0.2, 0.25) is 11.8 Å². The molecule has 0 spiro atoms. The zero-order chi connectivity index (χ0) is 17.4. The topological polar surface area (TPSA) is 67.4 Å². The Hall–Kier alpha value is -2.82. The smallest absolute Gasteiger partial charge is 0.221 e. The van der Waals surface area contributed by atoms with E-state index in [0.717, 1.165) is 11.1 Å². The standard InChI is InChI=1S/C19H22N2O3/c1-14(22)21-17-9-10-18(24-2)16(12-17)13-20-19(23)11-8-15-6-4-3-5-7-15/h3-7,9-10,12H,8,11,13H2,1-2H3,(H,20,23)(H,21,22). The highest BCUT2D eigenvalue weighted by molar-refractivity contribution is 5.88. The molecule has 0 saturated heterocycles. The lowest BCUT2D eigenvalue weighted by Gasteiger charge is -2.12. The summed E-state index contributed by atoms with van der Waals surface area (Å²) >= 11 is 0. The highest BCUT2D eigenvalue weighted by atomic mass is 16.5. The summed E-state index contributed by atoms with van der Waals surface area (Å²) in [7, 11) is 1.58. The van der Waals surface area contributed by atoms with Gasteiger partial charge in [-0.1, -0.05) is 30.3 Å². The summed E-state index contributed by atoms with van der Waals surface area (Å²) in [5.74, 6) is 0.510. The maximum atomic E-state index is 12.0. The number of methoxy groups -OCH3 is 1. The third-order valence-corrected chi connectivity index (χ3v) is 3.56. The van der Waals surface area contributed by atoms with Gasteiger partial charge in [0.25, 0.3) is 0 Å². The summed E-state index contributed by atoms with van der Waals surface area (Å²) in [4.78, 5) is 23.2. The molecule has 2 N–H and O–H groups in total. The van der Waals surface area contributed by atoms with Crippen molar-refractivity contribution in [1.82, 2.24) is 5.32 Å². The second-order valence-electron chi connectivity index (χ2n) is 5.47. The Morgan fingerprint density at radius 1 is 1.08 bits per heavy atom. The van der Waals surface area contributed by atoms with Crippen LogP contribution in [-0.2, 0) is 22.6 Å².